The molecule has 0 saturated carbocycles. The van der Waals surface area contributed by atoms with Gasteiger partial charge in [-0.1, -0.05) is 27.7 Å². The largest absolute Gasteiger partial charge is 0.481 e. The summed E-state index contributed by atoms with van der Waals surface area (Å²) in [6.45, 7) is 8.78. The molecule has 17 heavy (non-hydrogen) atoms. The molecule has 2 unspecified atom stereocenters. The van der Waals surface area contributed by atoms with Crippen molar-refractivity contribution in [1.82, 2.24) is 9.80 Å². The standard InChI is InChI=1S/C12H22N2O3/c1-8(10(15)16)6-14-7-9(12(2,3)4)13(5)11(14)17/h8-9H,6-7H2,1-5H3,(H,15,16). The summed E-state index contributed by atoms with van der Waals surface area (Å²) in [7, 11) is 1.78. The summed E-state index contributed by atoms with van der Waals surface area (Å²) in [5.41, 5.74) is 0.00558. The Morgan fingerprint density at radius 3 is 2.41 bits per heavy atom. The van der Waals surface area contributed by atoms with Gasteiger partial charge in [-0.25, -0.2) is 4.79 Å². The van der Waals surface area contributed by atoms with E-state index in [0.717, 1.165) is 0 Å². The minimum absolute atomic E-state index is 0.00558. The number of carboxylic acids is 1. The normalized spacial score (nSPS) is 23.1. The van der Waals surface area contributed by atoms with Crippen LogP contribution in [0.1, 0.15) is 27.7 Å². The van der Waals surface area contributed by atoms with Crippen LogP contribution in [0.25, 0.3) is 0 Å². The van der Waals surface area contributed by atoms with Gasteiger partial charge in [-0.05, 0) is 5.41 Å². The molecule has 1 aliphatic rings. The average Bonchev–Trinajstić information content (AvgIpc) is 2.45. The highest BCUT2D eigenvalue weighted by Gasteiger charge is 2.41. The molecule has 1 fully saturated rings. The Morgan fingerprint density at radius 2 is 2.06 bits per heavy atom. The monoisotopic (exact) mass is 242 g/mol. The van der Waals surface area contributed by atoms with Crippen LogP contribution in [0.2, 0.25) is 0 Å². The lowest BCUT2D eigenvalue weighted by atomic mass is 9.86. The molecule has 0 aromatic carbocycles. The van der Waals surface area contributed by atoms with Gasteiger partial charge in [0.1, 0.15) is 0 Å². The van der Waals surface area contributed by atoms with Crippen LogP contribution < -0.4 is 0 Å². The summed E-state index contributed by atoms with van der Waals surface area (Å²) >= 11 is 0. The SMILES string of the molecule is CC(CN1CC(C(C)(C)C)N(C)C1=O)C(=O)O. The van der Waals surface area contributed by atoms with E-state index < -0.39 is 11.9 Å². The third-order valence-electron chi connectivity index (χ3n) is 3.35. The van der Waals surface area contributed by atoms with E-state index >= 15 is 0 Å². The predicted molar refractivity (Wildman–Crippen MR) is 64.8 cm³/mol. The lowest BCUT2D eigenvalue weighted by molar-refractivity contribution is -0.141. The number of aliphatic carboxylic acids is 1. The number of carbonyl (C=O) groups excluding carboxylic acids is 1. The summed E-state index contributed by atoms with van der Waals surface area (Å²) in [5.74, 6) is -1.38. The first-order chi connectivity index (χ1) is 7.64. The maximum absolute atomic E-state index is 12.0. The molecule has 98 valence electrons. The van der Waals surface area contributed by atoms with Crippen LogP contribution in [0.4, 0.5) is 4.79 Å². The Balaban J connectivity index is 2.73. The van der Waals surface area contributed by atoms with Gasteiger partial charge in [0.2, 0.25) is 0 Å². The van der Waals surface area contributed by atoms with Crippen molar-refractivity contribution in [2.45, 2.75) is 33.7 Å². The van der Waals surface area contributed by atoms with Gasteiger partial charge >= 0.3 is 12.0 Å². The van der Waals surface area contributed by atoms with Crippen molar-refractivity contribution in [2.75, 3.05) is 20.1 Å². The first kappa shape index (κ1) is 13.8. The number of amides is 2. The number of hydrogen-bond donors (Lipinski definition) is 1. The van der Waals surface area contributed by atoms with Gasteiger partial charge in [-0.3, -0.25) is 4.79 Å². The molecular formula is C12H22N2O3. The van der Waals surface area contributed by atoms with Crippen molar-refractivity contribution in [2.24, 2.45) is 11.3 Å². The molecule has 0 aromatic rings. The molecule has 5 heteroatoms. The van der Waals surface area contributed by atoms with Gasteiger partial charge < -0.3 is 14.9 Å². The van der Waals surface area contributed by atoms with Gasteiger partial charge in [-0.15, -0.1) is 0 Å². The summed E-state index contributed by atoms with van der Waals surface area (Å²) < 4.78 is 0. The van der Waals surface area contributed by atoms with Gasteiger partial charge in [0.15, 0.2) is 0 Å². The maximum Gasteiger partial charge on any atom is 0.320 e. The molecule has 1 saturated heterocycles. The summed E-state index contributed by atoms with van der Waals surface area (Å²) in [6.07, 6.45) is 0. The topological polar surface area (TPSA) is 60.9 Å². The van der Waals surface area contributed by atoms with Crippen LogP contribution >= 0.6 is 0 Å². The van der Waals surface area contributed by atoms with E-state index in [1.807, 2.05) is 0 Å². The first-order valence-corrected chi connectivity index (χ1v) is 5.89. The molecule has 0 aromatic heterocycles. The number of nitrogens with zero attached hydrogens (tertiary/aromatic N) is 2. The van der Waals surface area contributed by atoms with E-state index in [1.54, 1.807) is 23.8 Å². The zero-order valence-electron chi connectivity index (χ0n) is 11.2. The lowest BCUT2D eigenvalue weighted by Crippen LogP contribution is -2.39. The third-order valence-corrected chi connectivity index (χ3v) is 3.35. The average molecular weight is 242 g/mol. The molecule has 0 bridgehead atoms. The van der Waals surface area contributed by atoms with Crippen LogP contribution in [-0.2, 0) is 4.79 Å². The second-order valence-corrected chi connectivity index (χ2v) is 5.92. The molecule has 0 radical (unpaired) electrons. The van der Waals surface area contributed by atoms with Gasteiger partial charge in [-0.2, -0.15) is 0 Å². The van der Waals surface area contributed by atoms with E-state index in [1.165, 1.54) is 0 Å². The van der Waals surface area contributed by atoms with E-state index in [0.29, 0.717) is 6.54 Å². The molecule has 2 amide bonds. The number of rotatable bonds is 3. The fraction of sp³-hybridized carbons (Fsp3) is 0.833. The smallest absolute Gasteiger partial charge is 0.320 e. The fourth-order valence-electron chi connectivity index (χ4n) is 2.18. The Hall–Kier alpha value is -1.26. The Morgan fingerprint density at radius 1 is 1.53 bits per heavy atom. The number of urea groups is 1. The highest BCUT2D eigenvalue weighted by molar-refractivity contribution is 5.78. The van der Waals surface area contributed by atoms with Crippen LogP contribution in [0.15, 0.2) is 0 Å². The fourth-order valence-corrected chi connectivity index (χ4v) is 2.18. The van der Waals surface area contributed by atoms with E-state index in [4.69, 9.17) is 5.11 Å². The molecule has 1 aliphatic heterocycles. The molecule has 2 atom stereocenters. The van der Waals surface area contributed by atoms with E-state index in [-0.39, 0.29) is 24.0 Å². The maximum atomic E-state index is 12.0. The minimum Gasteiger partial charge on any atom is -0.481 e. The van der Waals surface area contributed by atoms with E-state index in [9.17, 15) is 9.59 Å². The second-order valence-electron chi connectivity index (χ2n) is 5.92. The Bertz CT molecular complexity index is 322. The molecule has 1 rings (SSSR count). The summed E-state index contributed by atoms with van der Waals surface area (Å²) in [6, 6.07) is 0.0639. The number of carboxylic acid groups (broad SMARTS) is 1. The van der Waals surface area contributed by atoms with Crippen molar-refractivity contribution >= 4 is 12.0 Å². The van der Waals surface area contributed by atoms with Crippen molar-refractivity contribution in [3.63, 3.8) is 0 Å². The lowest BCUT2D eigenvalue weighted by Gasteiger charge is -2.31. The Labute approximate surface area is 102 Å². The number of likely N-dealkylation sites (N-methyl/N-ethyl adjacent to an activating group) is 1. The Kier molecular flexibility index (Phi) is 3.69. The van der Waals surface area contributed by atoms with Crippen molar-refractivity contribution in [1.29, 1.82) is 0 Å². The quantitative estimate of drug-likeness (QED) is 0.815. The molecule has 0 spiro atoms. The summed E-state index contributed by atoms with van der Waals surface area (Å²) in [4.78, 5) is 26.1. The van der Waals surface area contributed by atoms with E-state index in [2.05, 4.69) is 20.8 Å². The molecule has 1 N–H and O–H groups in total. The number of carbonyl (C=O) groups is 2. The second kappa shape index (κ2) is 4.55. The van der Waals surface area contributed by atoms with Crippen molar-refractivity contribution in [3.05, 3.63) is 0 Å². The van der Waals surface area contributed by atoms with Crippen LogP contribution in [0.5, 0.6) is 0 Å². The minimum atomic E-state index is -0.861. The molecule has 5 nitrogen and oxygen atoms in total. The first-order valence-electron chi connectivity index (χ1n) is 5.89. The van der Waals surface area contributed by atoms with Crippen LogP contribution in [-0.4, -0.2) is 53.1 Å². The molecular weight excluding hydrogens is 220 g/mol. The zero-order valence-corrected chi connectivity index (χ0v) is 11.2. The highest BCUT2D eigenvalue weighted by Crippen LogP contribution is 2.29. The number of hydrogen-bond acceptors (Lipinski definition) is 2. The van der Waals surface area contributed by atoms with Crippen LogP contribution in [0, 0.1) is 11.3 Å². The highest BCUT2D eigenvalue weighted by atomic mass is 16.4. The zero-order chi connectivity index (χ0) is 13.4. The molecule has 1 heterocycles. The predicted octanol–water partition coefficient (Wildman–Crippen LogP) is 1.49. The van der Waals surface area contributed by atoms with Gasteiger partial charge in [0.25, 0.3) is 0 Å². The third kappa shape index (κ3) is 2.90. The van der Waals surface area contributed by atoms with Crippen LogP contribution in [0.3, 0.4) is 0 Å². The van der Waals surface area contributed by atoms with Crippen molar-refractivity contribution < 1.29 is 14.7 Å². The van der Waals surface area contributed by atoms with Gasteiger partial charge in [0, 0.05) is 20.1 Å². The summed E-state index contributed by atoms with van der Waals surface area (Å²) in [5, 5.41) is 8.87. The van der Waals surface area contributed by atoms with Crippen molar-refractivity contribution in [3.8, 4) is 0 Å². The van der Waals surface area contributed by atoms with Gasteiger partial charge in [0.05, 0.1) is 12.0 Å². The molecule has 0 aliphatic carbocycles.